The molecule has 3 rings (SSSR count). The molecule has 0 bridgehead atoms. The molecule has 0 unspecified atom stereocenters. The monoisotopic (exact) mass is 326 g/mol. The second kappa shape index (κ2) is 6.63. The standard InChI is InChI=1S/C20H26N2O2/c1-23-18-8-6-14(12-16(18)21)20(10-4-3-5-11-20)15-7-9-19(24-2)17(22)13-15/h6-9,12-13H,3-5,10-11,21-22H2,1-2H3. The molecule has 0 spiro atoms. The van der Waals surface area contributed by atoms with Gasteiger partial charge in [-0.25, -0.2) is 0 Å². The Bertz CT molecular complexity index is 666. The number of ether oxygens (including phenoxy) is 2. The summed E-state index contributed by atoms with van der Waals surface area (Å²) in [4.78, 5) is 0. The molecule has 0 atom stereocenters. The summed E-state index contributed by atoms with van der Waals surface area (Å²) in [7, 11) is 3.29. The van der Waals surface area contributed by atoms with Crippen LogP contribution in [0, 0.1) is 0 Å². The molecule has 0 saturated heterocycles. The SMILES string of the molecule is COc1ccc(C2(c3ccc(OC)c(N)c3)CCCCC2)cc1N. The van der Waals surface area contributed by atoms with Gasteiger partial charge < -0.3 is 20.9 Å². The van der Waals surface area contributed by atoms with Crippen molar-refractivity contribution in [3.8, 4) is 11.5 Å². The van der Waals surface area contributed by atoms with E-state index in [1.165, 1.54) is 30.4 Å². The smallest absolute Gasteiger partial charge is 0.141 e. The number of anilines is 2. The van der Waals surface area contributed by atoms with Crippen LogP contribution in [-0.2, 0) is 5.41 Å². The lowest BCUT2D eigenvalue weighted by Gasteiger charge is -2.39. The molecule has 24 heavy (non-hydrogen) atoms. The molecule has 0 heterocycles. The molecule has 4 N–H and O–H groups in total. The van der Waals surface area contributed by atoms with Crippen LogP contribution >= 0.6 is 0 Å². The molecule has 128 valence electrons. The lowest BCUT2D eigenvalue weighted by atomic mass is 9.65. The van der Waals surface area contributed by atoms with Crippen molar-refractivity contribution in [1.82, 2.24) is 0 Å². The minimum atomic E-state index is -0.0426. The fraction of sp³-hybridized carbons (Fsp3) is 0.400. The maximum absolute atomic E-state index is 6.18. The minimum absolute atomic E-state index is 0.0426. The number of methoxy groups -OCH3 is 2. The second-order valence-electron chi connectivity index (χ2n) is 6.56. The van der Waals surface area contributed by atoms with E-state index in [4.69, 9.17) is 20.9 Å². The van der Waals surface area contributed by atoms with E-state index in [0.717, 1.165) is 24.3 Å². The molecule has 2 aromatic carbocycles. The quantitative estimate of drug-likeness (QED) is 0.829. The van der Waals surface area contributed by atoms with E-state index >= 15 is 0 Å². The van der Waals surface area contributed by atoms with Crippen molar-refractivity contribution in [2.45, 2.75) is 37.5 Å². The van der Waals surface area contributed by atoms with Crippen molar-refractivity contribution < 1.29 is 9.47 Å². The summed E-state index contributed by atoms with van der Waals surface area (Å²) in [6.07, 6.45) is 5.89. The van der Waals surface area contributed by atoms with Crippen molar-refractivity contribution in [1.29, 1.82) is 0 Å². The van der Waals surface area contributed by atoms with Crippen molar-refractivity contribution in [3.05, 3.63) is 47.5 Å². The summed E-state index contributed by atoms with van der Waals surface area (Å²) in [5.41, 5.74) is 16.2. The summed E-state index contributed by atoms with van der Waals surface area (Å²) in [5, 5.41) is 0. The summed E-state index contributed by atoms with van der Waals surface area (Å²) in [6, 6.07) is 12.3. The number of rotatable bonds is 4. The number of hydrogen-bond donors (Lipinski definition) is 2. The Morgan fingerprint density at radius 3 is 1.58 bits per heavy atom. The van der Waals surface area contributed by atoms with Crippen molar-refractivity contribution in [2.75, 3.05) is 25.7 Å². The van der Waals surface area contributed by atoms with Crippen LogP contribution in [0.2, 0.25) is 0 Å². The van der Waals surface area contributed by atoms with E-state index in [1.807, 2.05) is 12.1 Å². The first-order valence-electron chi connectivity index (χ1n) is 8.49. The Morgan fingerprint density at radius 1 is 0.750 bits per heavy atom. The molecule has 4 heteroatoms. The van der Waals surface area contributed by atoms with E-state index in [1.54, 1.807) is 14.2 Å². The third kappa shape index (κ3) is 2.77. The molecule has 1 fully saturated rings. The van der Waals surface area contributed by atoms with Crippen LogP contribution in [0.3, 0.4) is 0 Å². The number of nitrogen functional groups attached to an aromatic ring is 2. The van der Waals surface area contributed by atoms with Crippen LogP contribution in [0.4, 0.5) is 11.4 Å². The van der Waals surface area contributed by atoms with Crippen LogP contribution in [0.1, 0.15) is 43.2 Å². The Kier molecular flexibility index (Phi) is 4.56. The van der Waals surface area contributed by atoms with Gasteiger partial charge in [0.25, 0.3) is 0 Å². The lowest BCUT2D eigenvalue weighted by molar-refractivity contribution is 0.345. The van der Waals surface area contributed by atoms with Gasteiger partial charge in [0.2, 0.25) is 0 Å². The van der Waals surface area contributed by atoms with Crippen molar-refractivity contribution >= 4 is 11.4 Å². The van der Waals surface area contributed by atoms with Crippen LogP contribution < -0.4 is 20.9 Å². The molecule has 0 aliphatic heterocycles. The molecule has 0 radical (unpaired) electrons. The van der Waals surface area contributed by atoms with Crippen molar-refractivity contribution in [2.24, 2.45) is 0 Å². The highest BCUT2D eigenvalue weighted by atomic mass is 16.5. The van der Waals surface area contributed by atoms with Crippen LogP contribution in [0.15, 0.2) is 36.4 Å². The average Bonchev–Trinajstić information content (AvgIpc) is 2.62. The first-order chi connectivity index (χ1) is 11.6. The van der Waals surface area contributed by atoms with Gasteiger partial charge in [-0.3, -0.25) is 0 Å². The summed E-state index contributed by atoms with van der Waals surface area (Å²) in [5.74, 6) is 1.44. The van der Waals surface area contributed by atoms with Crippen LogP contribution in [-0.4, -0.2) is 14.2 Å². The third-order valence-corrected chi connectivity index (χ3v) is 5.27. The first-order valence-corrected chi connectivity index (χ1v) is 8.49. The van der Waals surface area contributed by atoms with Crippen molar-refractivity contribution in [3.63, 3.8) is 0 Å². The molecule has 1 saturated carbocycles. The highest BCUT2D eigenvalue weighted by Crippen LogP contribution is 2.47. The fourth-order valence-electron chi connectivity index (χ4n) is 3.96. The Morgan fingerprint density at radius 2 is 1.21 bits per heavy atom. The van der Waals surface area contributed by atoms with Gasteiger partial charge in [-0.1, -0.05) is 31.4 Å². The summed E-state index contributed by atoms with van der Waals surface area (Å²) < 4.78 is 10.6. The first kappa shape index (κ1) is 16.5. The van der Waals surface area contributed by atoms with Crippen LogP contribution in [0.5, 0.6) is 11.5 Å². The minimum Gasteiger partial charge on any atom is -0.495 e. The predicted molar refractivity (Wildman–Crippen MR) is 98.7 cm³/mol. The second-order valence-corrected chi connectivity index (χ2v) is 6.56. The molecule has 0 aromatic heterocycles. The summed E-state index contributed by atoms with van der Waals surface area (Å²) >= 11 is 0. The number of hydrogen-bond acceptors (Lipinski definition) is 4. The van der Waals surface area contributed by atoms with Gasteiger partial charge in [0, 0.05) is 5.41 Å². The van der Waals surface area contributed by atoms with E-state index in [-0.39, 0.29) is 5.41 Å². The normalized spacial score (nSPS) is 16.6. The van der Waals surface area contributed by atoms with Gasteiger partial charge in [-0.2, -0.15) is 0 Å². The van der Waals surface area contributed by atoms with E-state index in [0.29, 0.717) is 11.4 Å². The highest BCUT2D eigenvalue weighted by Gasteiger charge is 2.36. The van der Waals surface area contributed by atoms with E-state index < -0.39 is 0 Å². The number of nitrogens with two attached hydrogens (primary N) is 2. The van der Waals surface area contributed by atoms with Gasteiger partial charge in [0.05, 0.1) is 25.6 Å². The highest BCUT2D eigenvalue weighted by molar-refractivity contribution is 5.60. The number of benzene rings is 2. The van der Waals surface area contributed by atoms with E-state index in [9.17, 15) is 0 Å². The van der Waals surface area contributed by atoms with Gasteiger partial charge in [0.1, 0.15) is 11.5 Å². The largest absolute Gasteiger partial charge is 0.495 e. The van der Waals surface area contributed by atoms with Gasteiger partial charge in [0.15, 0.2) is 0 Å². The third-order valence-electron chi connectivity index (χ3n) is 5.27. The molecule has 0 amide bonds. The van der Waals surface area contributed by atoms with Gasteiger partial charge in [-0.15, -0.1) is 0 Å². The molecular formula is C20H26N2O2. The van der Waals surface area contributed by atoms with Crippen LogP contribution in [0.25, 0.3) is 0 Å². The Balaban J connectivity index is 2.11. The Hall–Kier alpha value is -2.36. The van der Waals surface area contributed by atoms with Gasteiger partial charge in [-0.05, 0) is 48.2 Å². The molecule has 1 aliphatic carbocycles. The average molecular weight is 326 g/mol. The zero-order valence-electron chi connectivity index (χ0n) is 14.5. The predicted octanol–water partition coefficient (Wildman–Crippen LogP) is 4.12. The van der Waals surface area contributed by atoms with Gasteiger partial charge >= 0.3 is 0 Å². The maximum Gasteiger partial charge on any atom is 0.141 e. The zero-order chi connectivity index (χ0) is 17.2. The summed E-state index contributed by atoms with van der Waals surface area (Å²) in [6.45, 7) is 0. The fourth-order valence-corrected chi connectivity index (χ4v) is 3.96. The molecule has 2 aromatic rings. The maximum atomic E-state index is 6.18. The molecular weight excluding hydrogens is 300 g/mol. The Labute approximate surface area is 143 Å². The lowest BCUT2D eigenvalue weighted by Crippen LogP contribution is -2.30. The topological polar surface area (TPSA) is 70.5 Å². The van der Waals surface area contributed by atoms with E-state index in [2.05, 4.69) is 24.3 Å². The zero-order valence-corrected chi connectivity index (χ0v) is 14.5. The molecule has 1 aliphatic rings. The molecule has 4 nitrogen and oxygen atoms in total.